The van der Waals surface area contributed by atoms with Crippen LogP contribution in [0.25, 0.3) is 0 Å². The topological polar surface area (TPSA) is 21.3 Å². The molecular weight excluding hydrogens is 266 g/mol. The van der Waals surface area contributed by atoms with E-state index in [0.29, 0.717) is 12.1 Å². The van der Waals surface area contributed by atoms with Crippen molar-refractivity contribution in [3.63, 3.8) is 0 Å². The van der Waals surface area contributed by atoms with Crippen LogP contribution in [0.5, 0.6) is 0 Å². The van der Waals surface area contributed by atoms with Crippen molar-refractivity contribution in [1.29, 1.82) is 0 Å². The molecule has 16 heavy (non-hydrogen) atoms. The Morgan fingerprint density at radius 2 is 2.44 bits per heavy atom. The van der Waals surface area contributed by atoms with Crippen molar-refractivity contribution in [2.45, 2.75) is 31.9 Å². The predicted octanol–water partition coefficient (Wildman–Crippen LogP) is 3.28. The van der Waals surface area contributed by atoms with Crippen LogP contribution in [0.2, 0.25) is 0 Å². The van der Waals surface area contributed by atoms with Gasteiger partial charge >= 0.3 is 0 Å². The zero-order valence-corrected chi connectivity index (χ0v) is 11.2. The Labute approximate surface area is 106 Å². The monoisotopic (exact) mass is 283 g/mol. The summed E-state index contributed by atoms with van der Waals surface area (Å²) in [5.41, 5.74) is 1.31. The van der Waals surface area contributed by atoms with Crippen LogP contribution < -0.4 is 5.32 Å². The van der Waals surface area contributed by atoms with Crippen molar-refractivity contribution in [3.05, 3.63) is 34.3 Å². The second-order valence-electron chi connectivity index (χ2n) is 4.32. The van der Waals surface area contributed by atoms with Gasteiger partial charge < -0.3 is 10.1 Å². The van der Waals surface area contributed by atoms with Gasteiger partial charge in [-0.3, -0.25) is 0 Å². The first-order chi connectivity index (χ1) is 7.75. The Morgan fingerprint density at radius 3 is 3.12 bits per heavy atom. The predicted molar refractivity (Wildman–Crippen MR) is 69.5 cm³/mol. The van der Waals surface area contributed by atoms with E-state index in [9.17, 15) is 0 Å². The van der Waals surface area contributed by atoms with Crippen LogP contribution in [0, 0.1) is 0 Å². The fourth-order valence-electron chi connectivity index (χ4n) is 2.01. The number of ether oxygens (including phenoxy) is 1. The molecule has 0 amide bonds. The third-order valence-electron chi connectivity index (χ3n) is 3.02. The summed E-state index contributed by atoms with van der Waals surface area (Å²) in [6, 6.07) is 8.81. The Bertz CT molecular complexity index is 336. The van der Waals surface area contributed by atoms with E-state index in [1.807, 2.05) is 0 Å². The molecule has 0 radical (unpaired) electrons. The summed E-state index contributed by atoms with van der Waals surface area (Å²) in [6.07, 6.45) is 2.81. The van der Waals surface area contributed by atoms with E-state index in [1.54, 1.807) is 0 Å². The Morgan fingerprint density at radius 1 is 1.56 bits per heavy atom. The zero-order chi connectivity index (χ0) is 11.4. The number of nitrogens with one attached hydrogen (secondary N) is 1. The van der Waals surface area contributed by atoms with Crippen LogP contribution >= 0.6 is 15.9 Å². The van der Waals surface area contributed by atoms with Crippen molar-refractivity contribution >= 4 is 15.9 Å². The highest BCUT2D eigenvalue weighted by Gasteiger charge is 2.16. The first kappa shape index (κ1) is 12.1. The lowest BCUT2D eigenvalue weighted by atomic mass is 10.1. The highest BCUT2D eigenvalue weighted by atomic mass is 79.9. The van der Waals surface area contributed by atoms with Gasteiger partial charge in [-0.2, -0.15) is 0 Å². The van der Waals surface area contributed by atoms with Gasteiger partial charge in [0.25, 0.3) is 0 Å². The van der Waals surface area contributed by atoms with Gasteiger partial charge in [-0.1, -0.05) is 28.1 Å². The fourth-order valence-corrected chi connectivity index (χ4v) is 2.42. The van der Waals surface area contributed by atoms with Gasteiger partial charge in [0.1, 0.15) is 0 Å². The van der Waals surface area contributed by atoms with E-state index >= 15 is 0 Å². The second-order valence-corrected chi connectivity index (χ2v) is 5.24. The molecule has 2 atom stereocenters. The van der Waals surface area contributed by atoms with Gasteiger partial charge in [0.15, 0.2) is 0 Å². The first-order valence-electron chi connectivity index (χ1n) is 5.86. The molecule has 1 unspecified atom stereocenters. The number of rotatable bonds is 4. The maximum absolute atomic E-state index is 5.59. The van der Waals surface area contributed by atoms with E-state index in [1.165, 1.54) is 18.4 Å². The third kappa shape index (κ3) is 3.30. The smallest absolute Gasteiger partial charge is 0.0700 e. The Hall–Kier alpha value is -0.380. The summed E-state index contributed by atoms with van der Waals surface area (Å²) in [4.78, 5) is 0. The Balaban J connectivity index is 1.85. The van der Waals surface area contributed by atoms with Crippen molar-refractivity contribution < 1.29 is 4.74 Å². The number of hydrogen-bond donors (Lipinski definition) is 1. The lowest BCUT2D eigenvalue weighted by Crippen LogP contribution is -2.28. The van der Waals surface area contributed by atoms with Crippen LogP contribution in [0.3, 0.4) is 0 Å². The number of benzene rings is 1. The zero-order valence-electron chi connectivity index (χ0n) is 9.58. The van der Waals surface area contributed by atoms with Crippen molar-refractivity contribution in [2.75, 3.05) is 13.2 Å². The molecule has 1 aliphatic heterocycles. The van der Waals surface area contributed by atoms with Crippen LogP contribution in [0.1, 0.15) is 31.4 Å². The quantitative estimate of drug-likeness (QED) is 0.916. The van der Waals surface area contributed by atoms with Crippen LogP contribution in [0.4, 0.5) is 0 Å². The molecule has 1 aliphatic rings. The molecule has 1 N–H and O–H groups in total. The van der Waals surface area contributed by atoms with Crippen LogP contribution in [-0.2, 0) is 4.74 Å². The average molecular weight is 284 g/mol. The van der Waals surface area contributed by atoms with Gasteiger partial charge in [-0.05, 0) is 37.5 Å². The maximum Gasteiger partial charge on any atom is 0.0700 e. The normalized spacial score (nSPS) is 22.2. The largest absolute Gasteiger partial charge is 0.377 e. The van der Waals surface area contributed by atoms with Crippen LogP contribution in [0.15, 0.2) is 28.7 Å². The van der Waals surface area contributed by atoms with Gasteiger partial charge in [-0.15, -0.1) is 0 Å². The van der Waals surface area contributed by atoms with Gasteiger partial charge in [0.2, 0.25) is 0 Å². The summed E-state index contributed by atoms with van der Waals surface area (Å²) in [7, 11) is 0. The van der Waals surface area contributed by atoms with E-state index in [-0.39, 0.29) is 0 Å². The minimum Gasteiger partial charge on any atom is -0.377 e. The molecular formula is C13H18BrNO. The molecule has 1 fully saturated rings. The fraction of sp³-hybridized carbons (Fsp3) is 0.538. The van der Waals surface area contributed by atoms with Gasteiger partial charge in [0, 0.05) is 23.7 Å². The lowest BCUT2D eigenvalue weighted by molar-refractivity contribution is 0.108. The third-order valence-corrected chi connectivity index (χ3v) is 3.52. The summed E-state index contributed by atoms with van der Waals surface area (Å²) in [6.45, 7) is 4.07. The van der Waals surface area contributed by atoms with Crippen molar-refractivity contribution in [3.8, 4) is 0 Å². The molecule has 0 aliphatic carbocycles. The van der Waals surface area contributed by atoms with Crippen molar-refractivity contribution in [1.82, 2.24) is 5.32 Å². The van der Waals surface area contributed by atoms with Crippen LogP contribution in [-0.4, -0.2) is 19.3 Å². The number of hydrogen-bond acceptors (Lipinski definition) is 2. The second kappa shape index (κ2) is 5.80. The Kier molecular flexibility index (Phi) is 4.38. The van der Waals surface area contributed by atoms with Crippen molar-refractivity contribution in [2.24, 2.45) is 0 Å². The molecule has 2 nitrogen and oxygen atoms in total. The molecule has 0 saturated carbocycles. The van der Waals surface area contributed by atoms with Gasteiger partial charge in [0.05, 0.1) is 6.10 Å². The summed E-state index contributed by atoms with van der Waals surface area (Å²) >= 11 is 3.50. The average Bonchev–Trinajstić information content (AvgIpc) is 2.78. The lowest BCUT2D eigenvalue weighted by Gasteiger charge is -2.17. The highest BCUT2D eigenvalue weighted by Crippen LogP contribution is 2.18. The van der Waals surface area contributed by atoms with E-state index in [0.717, 1.165) is 17.6 Å². The molecule has 1 aromatic carbocycles. The highest BCUT2D eigenvalue weighted by molar-refractivity contribution is 9.10. The van der Waals surface area contributed by atoms with E-state index in [4.69, 9.17) is 4.74 Å². The molecule has 1 heterocycles. The molecule has 88 valence electrons. The molecule has 1 aromatic rings. The standard InChI is InChI=1S/C13H18BrNO/c1-10(11-4-2-5-12(14)8-11)15-9-13-6-3-7-16-13/h2,4-5,8,10,13,15H,3,6-7,9H2,1H3/t10-,13?/m1/s1. The molecule has 2 rings (SSSR count). The molecule has 0 spiro atoms. The maximum atomic E-state index is 5.59. The molecule has 3 heteroatoms. The molecule has 0 bridgehead atoms. The summed E-state index contributed by atoms with van der Waals surface area (Å²) in [5, 5.41) is 3.52. The van der Waals surface area contributed by atoms with E-state index < -0.39 is 0 Å². The van der Waals surface area contributed by atoms with Gasteiger partial charge in [-0.25, -0.2) is 0 Å². The molecule has 0 aromatic heterocycles. The minimum absolute atomic E-state index is 0.377. The first-order valence-corrected chi connectivity index (χ1v) is 6.65. The summed E-state index contributed by atoms with van der Waals surface area (Å²) in [5.74, 6) is 0. The number of halogens is 1. The SMILES string of the molecule is C[C@@H](NCC1CCCO1)c1cccc(Br)c1. The minimum atomic E-state index is 0.377. The molecule has 1 saturated heterocycles. The van der Waals surface area contributed by atoms with E-state index in [2.05, 4.69) is 52.4 Å². The summed E-state index contributed by atoms with van der Waals surface area (Å²) < 4.78 is 6.73.